The number of likely N-dealkylation sites (tertiary alicyclic amines) is 1. The van der Waals surface area contributed by atoms with E-state index in [1.54, 1.807) is 0 Å². The summed E-state index contributed by atoms with van der Waals surface area (Å²) in [5, 5.41) is 0. The molecule has 2 aliphatic heterocycles. The zero-order valence-electron chi connectivity index (χ0n) is 16.9. The van der Waals surface area contributed by atoms with Gasteiger partial charge in [-0.2, -0.15) is 0 Å². The van der Waals surface area contributed by atoms with Crippen molar-refractivity contribution in [3.63, 3.8) is 0 Å². The lowest BCUT2D eigenvalue weighted by Gasteiger charge is -2.26. The van der Waals surface area contributed by atoms with Crippen molar-refractivity contribution < 1.29 is 14.3 Å². The Morgan fingerprint density at radius 3 is 2.76 bits per heavy atom. The highest BCUT2D eigenvalue weighted by molar-refractivity contribution is 5.97. The lowest BCUT2D eigenvalue weighted by Crippen LogP contribution is -2.30. The third kappa shape index (κ3) is 3.12. The molecule has 2 aromatic carbocycles. The topological polar surface area (TPSA) is 56.6 Å². The van der Waals surface area contributed by atoms with E-state index in [1.165, 1.54) is 0 Å². The smallest absolute Gasteiger partial charge is 0.254 e. The molecule has 0 radical (unpaired) electrons. The van der Waals surface area contributed by atoms with Gasteiger partial charge in [0.1, 0.15) is 5.82 Å². The van der Waals surface area contributed by atoms with Crippen LogP contribution < -0.4 is 9.47 Å². The van der Waals surface area contributed by atoms with Crippen LogP contribution in [0.2, 0.25) is 0 Å². The molecule has 1 saturated heterocycles. The van der Waals surface area contributed by atoms with Crippen molar-refractivity contribution in [2.24, 2.45) is 7.05 Å². The van der Waals surface area contributed by atoms with Crippen molar-refractivity contribution in [3.05, 3.63) is 53.3 Å². The Balaban J connectivity index is 1.45. The molecule has 6 nitrogen and oxygen atoms in total. The molecule has 0 spiro atoms. The van der Waals surface area contributed by atoms with Gasteiger partial charge >= 0.3 is 0 Å². The average Bonchev–Trinajstić information content (AvgIpc) is 3.24. The minimum atomic E-state index is 0.0563. The van der Waals surface area contributed by atoms with Crippen LogP contribution in [0.3, 0.4) is 0 Å². The van der Waals surface area contributed by atoms with Gasteiger partial charge < -0.3 is 18.9 Å². The van der Waals surface area contributed by atoms with Gasteiger partial charge in [-0.05, 0) is 55.7 Å². The van der Waals surface area contributed by atoms with Crippen LogP contribution in [0.25, 0.3) is 11.0 Å². The van der Waals surface area contributed by atoms with Crippen LogP contribution in [0.5, 0.6) is 11.5 Å². The van der Waals surface area contributed by atoms with Crippen molar-refractivity contribution in [3.8, 4) is 11.5 Å². The van der Waals surface area contributed by atoms with E-state index in [2.05, 4.69) is 11.1 Å². The third-order valence-electron chi connectivity index (χ3n) is 6.02. The van der Waals surface area contributed by atoms with Gasteiger partial charge in [0.2, 0.25) is 0 Å². The SMILES string of the molecule is Cc1nc2cc(C(=O)N3CCCC3c3ccc4c(c3)OCCCO4)ccc2n1C. The molecule has 2 aliphatic rings. The number of carbonyl (C=O) groups is 1. The molecule has 0 saturated carbocycles. The van der Waals surface area contributed by atoms with Crippen LogP contribution in [0.1, 0.15) is 47.1 Å². The second-order valence-corrected chi connectivity index (χ2v) is 7.83. The normalized spacial score (nSPS) is 18.8. The Morgan fingerprint density at radius 1 is 1.07 bits per heavy atom. The fraction of sp³-hybridized carbons (Fsp3) is 0.391. The second-order valence-electron chi connectivity index (χ2n) is 7.83. The summed E-state index contributed by atoms with van der Waals surface area (Å²) < 4.78 is 13.6. The Hall–Kier alpha value is -3.02. The van der Waals surface area contributed by atoms with Gasteiger partial charge in [-0.3, -0.25) is 4.79 Å². The van der Waals surface area contributed by atoms with Gasteiger partial charge in [-0.25, -0.2) is 4.98 Å². The summed E-state index contributed by atoms with van der Waals surface area (Å²) in [7, 11) is 1.99. The molecule has 29 heavy (non-hydrogen) atoms. The zero-order valence-corrected chi connectivity index (χ0v) is 16.9. The van der Waals surface area contributed by atoms with Crippen molar-refractivity contribution in [2.45, 2.75) is 32.2 Å². The van der Waals surface area contributed by atoms with Gasteiger partial charge in [0.25, 0.3) is 5.91 Å². The fourth-order valence-corrected chi connectivity index (χ4v) is 4.36. The first-order valence-corrected chi connectivity index (χ1v) is 10.3. The molecular formula is C23H25N3O3. The molecular weight excluding hydrogens is 366 g/mol. The Bertz CT molecular complexity index is 1090. The van der Waals surface area contributed by atoms with Crippen molar-refractivity contribution in [2.75, 3.05) is 19.8 Å². The summed E-state index contributed by atoms with van der Waals surface area (Å²) in [6.07, 6.45) is 2.83. The minimum absolute atomic E-state index is 0.0563. The van der Waals surface area contributed by atoms with Crippen LogP contribution in [0.4, 0.5) is 0 Å². The third-order valence-corrected chi connectivity index (χ3v) is 6.02. The number of amides is 1. The van der Waals surface area contributed by atoms with Crippen LogP contribution in [-0.2, 0) is 7.05 Å². The fourth-order valence-electron chi connectivity index (χ4n) is 4.36. The molecule has 3 heterocycles. The summed E-state index contributed by atoms with van der Waals surface area (Å²) in [4.78, 5) is 19.9. The number of carbonyl (C=O) groups excluding carboxylic acids is 1. The number of hydrogen-bond acceptors (Lipinski definition) is 4. The molecule has 5 rings (SSSR count). The molecule has 0 bridgehead atoms. The molecule has 0 aliphatic carbocycles. The summed E-state index contributed by atoms with van der Waals surface area (Å²) in [6, 6.07) is 11.9. The van der Waals surface area contributed by atoms with Gasteiger partial charge in [-0.1, -0.05) is 6.07 Å². The molecule has 1 unspecified atom stereocenters. The van der Waals surface area contributed by atoms with E-state index in [0.717, 1.165) is 59.7 Å². The molecule has 3 aromatic rings. The van der Waals surface area contributed by atoms with E-state index in [0.29, 0.717) is 18.8 Å². The van der Waals surface area contributed by atoms with E-state index in [-0.39, 0.29) is 11.9 Å². The molecule has 1 amide bonds. The van der Waals surface area contributed by atoms with Gasteiger partial charge in [0, 0.05) is 25.6 Å². The first-order valence-electron chi connectivity index (χ1n) is 10.3. The predicted octanol–water partition coefficient (Wildman–Crippen LogP) is 4.02. The number of imidazole rings is 1. The van der Waals surface area contributed by atoms with E-state index >= 15 is 0 Å². The summed E-state index contributed by atoms with van der Waals surface area (Å²) in [6.45, 7) is 4.07. The van der Waals surface area contributed by atoms with Gasteiger partial charge in [0.15, 0.2) is 11.5 Å². The zero-order chi connectivity index (χ0) is 20.0. The molecule has 1 atom stereocenters. The van der Waals surface area contributed by atoms with Crippen molar-refractivity contribution in [1.82, 2.24) is 14.5 Å². The molecule has 150 valence electrons. The predicted molar refractivity (Wildman–Crippen MR) is 111 cm³/mol. The lowest BCUT2D eigenvalue weighted by molar-refractivity contribution is 0.0735. The maximum Gasteiger partial charge on any atom is 0.254 e. The Kier molecular flexibility index (Phi) is 4.42. The van der Waals surface area contributed by atoms with Crippen LogP contribution in [0.15, 0.2) is 36.4 Å². The van der Waals surface area contributed by atoms with Gasteiger partial charge in [0.05, 0.1) is 30.3 Å². The number of hydrogen-bond donors (Lipinski definition) is 0. The maximum atomic E-state index is 13.3. The highest BCUT2D eigenvalue weighted by Gasteiger charge is 2.31. The van der Waals surface area contributed by atoms with Gasteiger partial charge in [-0.15, -0.1) is 0 Å². The van der Waals surface area contributed by atoms with Crippen molar-refractivity contribution >= 4 is 16.9 Å². The summed E-state index contributed by atoms with van der Waals surface area (Å²) in [5.41, 5.74) is 3.70. The number of aryl methyl sites for hydroxylation is 2. The molecule has 1 fully saturated rings. The lowest BCUT2D eigenvalue weighted by atomic mass is 10.0. The standard InChI is InChI=1S/C23H25N3O3/c1-15-24-18-13-17(6-8-20(18)25(15)2)23(27)26-10-3-5-19(26)16-7-9-21-22(14-16)29-12-4-11-28-21/h6-9,13-14,19H,3-5,10-12H2,1-2H3. The highest BCUT2D eigenvalue weighted by atomic mass is 16.5. The average molecular weight is 391 g/mol. The largest absolute Gasteiger partial charge is 0.490 e. The molecule has 1 aromatic heterocycles. The summed E-state index contributed by atoms with van der Waals surface area (Å²) >= 11 is 0. The van der Waals surface area contributed by atoms with E-state index in [4.69, 9.17) is 9.47 Å². The minimum Gasteiger partial charge on any atom is -0.490 e. The first-order chi connectivity index (χ1) is 14.1. The van der Waals surface area contributed by atoms with E-state index in [1.807, 2.05) is 53.8 Å². The van der Waals surface area contributed by atoms with Crippen LogP contribution >= 0.6 is 0 Å². The number of nitrogens with zero attached hydrogens (tertiary/aromatic N) is 3. The first kappa shape index (κ1) is 18.0. The maximum absolute atomic E-state index is 13.3. The number of fused-ring (bicyclic) bond motifs is 2. The molecule has 0 N–H and O–H groups in total. The van der Waals surface area contributed by atoms with Crippen LogP contribution in [-0.4, -0.2) is 40.1 Å². The van der Waals surface area contributed by atoms with Crippen molar-refractivity contribution in [1.29, 1.82) is 0 Å². The second kappa shape index (κ2) is 7.10. The van der Waals surface area contributed by atoms with Crippen LogP contribution in [0, 0.1) is 6.92 Å². The Morgan fingerprint density at radius 2 is 1.90 bits per heavy atom. The highest BCUT2D eigenvalue weighted by Crippen LogP contribution is 2.38. The monoisotopic (exact) mass is 391 g/mol. The number of benzene rings is 2. The number of aromatic nitrogens is 2. The summed E-state index contributed by atoms with van der Waals surface area (Å²) in [5.74, 6) is 2.57. The molecule has 6 heteroatoms. The quantitative estimate of drug-likeness (QED) is 0.662. The number of rotatable bonds is 2. The van der Waals surface area contributed by atoms with E-state index in [9.17, 15) is 4.79 Å². The number of ether oxygens (including phenoxy) is 2. The Labute approximate surface area is 170 Å². The van der Waals surface area contributed by atoms with E-state index < -0.39 is 0 Å².